The second kappa shape index (κ2) is 8.30. The number of hydrogen-bond donors (Lipinski definition) is 0. The molecule has 0 atom stereocenters. The molecule has 0 radical (unpaired) electrons. The van der Waals surface area contributed by atoms with Gasteiger partial charge < -0.3 is 9.64 Å². The van der Waals surface area contributed by atoms with Gasteiger partial charge in [0.2, 0.25) is 0 Å². The normalized spacial score (nSPS) is 9.62. The van der Waals surface area contributed by atoms with Gasteiger partial charge in [0.05, 0.1) is 12.1 Å². The minimum Gasteiger partial charge on any atom is -0.489 e. The highest BCUT2D eigenvalue weighted by Crippen LogP contribution is 2.15. The SMILES string of the molecule is N#CCN(CC#N)C(=O)c1cccc(COc2cccc(F)c2)c1. The van der Waals surface area contributed by atoms with Crippen LogP contribution in [-0.2, 0) is 6.61 Å². The van der Waals surface area contributed by atoms with E-state index in [9.17, 15) is 9.18 Å². The Balaban J connectivity index is 2.09. The van der Waals surface area contributed by atoms with Crippen molar-refractivity contribution in [2.45, 2.75) is 6.61 Å². The van der Waals surface area contributed by atoms with Crippen molar-refractivity contribution in [3.8, 4) is 17.9 Å². The Kier molecular flexibility index (Phi) is 5.88. The molecule has 0 unspecified atom stereocenters. The Hall–Kier alpha value is -3.38. The average Bonchev–Trinajstić information content (AvgIpc) is 2.59. The Morgan fingerprint density at radius 2 is 1.79 bits per heavy atom. The topological polar surface area (TPSA) is 77.1 Å². The highest BCUT2D eigenvalue weighted by molar-refractivity contribution is 5.94. The molecule has 120 valence electrons. The van der Waals surface area contributed by atoms with E-state index in [1.807, 2.05) is 12.1 Å². The van der Waals surface area contributed by atoms with E-state index in [0.717, 1.165) is 10.5 Å². The van der Waals surface area contributed by atoms with Crippen LogP contribution in [0.25, 0.3) is 0 Å². The molecule has 0 heterocycles. The summed E-state index contributed by atoms with van der Waals surface area (Å²) in [6.45, 7) is -0.145. The lowest BCUT2D eigenvalue weighted by atomic mass is 10.1. The molecule has 1 amide bonds. The van der Waals surface area contributed by atoms with Gasteiger partial charge in [-0.25, -0.2) is 4.39 Å². The smallest absolute Gasteiger partial charge is 0.255 e. The first kappa shape index (κ1) is 17.0. The number of nitrogens with zero attached hydrogens (tertiary/aromatic N) is 3. The molecule has 2 aromatic rings. The minimum atomic E-state index is -0.397. The minimum absolute atomic E-state index is 0.156. The molecular weight excluding hydrogens is 309 g/mol. The van der Waals surface area contributed by atoms with Crippen molar-refractivity contribution in [2.75, 3.05) is 13.1 Å². The van der Waals surface area contributed by atoms with Crippen molar-refractivity contribution in [1.82, 2.24) is 4.90 Å². The molecule has 2 rings (SSSR count). The van der Waals surface area contributed by atoms with Gasteiger partial charge >= 0.3 is 0 Å². The molecule has 24 heavy (non-hydrogen) atoms. The number of amides is 1. The van der Waals surface area contributed by atoms with Crippen LogP contribution in [0.3, 0.4) is 0 Å². The number of ether oxygens (including phenoxy) is 1. The summed E-state index contributed by atoms with van der Waals surface area (Å²) in [6.07, 6.45) is 0. The zero-order chi connectivity index (χ0) is 17.4. The van der Waals surface area contributed by atoms with E-state index >= 15 is 0 Å². The monoisotopic (exact) mass is 323 g/mol. The first-order valence-electron chi connectivity index (χ1n) is 7.14. The third-order valence-corrected chi connectivity index (χ3v) is 3.19. The van der Waals surface area contributed by atoms with E-state index in [1.165, 1.54) is 12.1 Å². The van der Waals surface area contributed by atoms with Crippen molar-refractivity contribution >= 4 is 5.91 Å². The Morgan fingerprint density at radius 1 is 1.08 bits per heavy atom. The Morgan fingerprint density at radius 3 is 2.46 bits per heavy atom. The lowest BCUT2D eigenvalue weighted by Gasteiger charge is -2.16. The number of halogens is 1. The molecule has 0 aliphatic rings. The van der Waals surface area contributed by atoms with Crippen LogP contribution in [0.15, 0.2) is 48.5 Å². The molecule has 0 spiro atoms. The van der Waals surface area contributed by atoms with Crippen molar-refractivity contribution in [3.05, 3.63) is 65.5 Å². The summed E-state index contributed by atoms with van der Waals surface area (Å²) in [4.78, 5) is 13.5. The number of rotatable bonds is 6. The van der Waals surface area contributed by atoms with E-state index in [4.69, 9.17) is 15.3 Å². The highest BCUT2D eigenvalue weighted by atomic mass is 19.1. The lowest BCUT2D eigenvalue weighted by Crippen LogP contribution is -2.31. The quantitative estimate of drug-likeness (QED) is 0.766. The van der Waals surface area contributed by atoms with E-state index in [-0.39, 0.29) is 25.5 Å². The molecule has 0 bridgehead atoms. The van der Waals surface area contributed by atoms with Crippen LogP contribution in [0.2, 0.25) is 0 Å². The van der Waals surface area contributed by atoms with Crippen LogP contribution in [0, 0.1) is 28.5 Å². The number of hydrogen-bond acceptors (Lipinski definition) is 4. The summed E-state index contributed by atoms with van der Waals surface area (Å²) in [6, 6.07) is 16.2. The summed E-state index contributed by atoms with van der Waals surface area (Å²) in [5.41, 5.74) is 1.08. The molecule has 0 aromatic heterocycles. The lowest BCUT2D eigenvalue weighted by molar-refractivity contribution is 0.0794. The summed E-state index contributed by atoms with van der Waals surface area (Å²) in [5, 5.41) is 17.5. The third kappa shape index (κ3) is 4.56. The number of carbonyl (C=O) groups excluding carboxylic acids is 1. The molecule has 0 N–H and O–H groups in total. The predicted molar refractivity (Wildman–Crippen MR) is 84.3 cm³/mol. The van der Waals surface area contributed by atoms with Crippen molar-refractivity contribution in [2.24, 2.45) is 0 Å². The fourth-order valence-corrected chi connectivity index (χ4v) is 2.07. The molecule has 5 nitrogen and oxygen atoms in total. The molecule has 6 heteroatoms. The zero-order valence-corrected chi connectivity index (χ0v) is 12.8. The fourth-order valence-electron chi connectivity index (χ4n) is 2.07. The largest absolute Gasteiger partial charge is 0.489 e. The summed E-state index contributed by atoms with van der Waals surface area (Å²) in [7, 11) is 0. The van der Waals surface area contributed by atoms with Crippen molar-refractivity contribution < 1.29 is 13.9 Å². The second-order valence-electron chi connectivity index (χ2n) is 4.92. The zero-order valence-electron chi connectivity index (χ0n) is 12.8. The van der Waals surface area contributed by atoms with Gasteiger partial charge in [-0.15, -0.1) is 0 Å². The maximum atomic E-state index is 13.1. The van der Waals surface area contributed by atoms with Gasteiger partial charge in [-0.2, -0.15) is 10.5 Å². The summed E-state index contributed by atoms with van der Waals surface area (Å²) < 4.78 is 18.6. The van der Waals surface area contributed by atoms with Crippen molar-refractivity contribution in [3.63, 3.8) is 0 Å². The van der Waals surface area contributed by atoms with Crippen LogP contribution in [0.1, 0.15) is 15.9 Å². The third-order valence-electron chi connectivity index (χ3n) is 3.19. The van der Waals surface area contributed by atoms with Gasteiger partial charge in [0.25, 0.3) is 5.91 Å². The van der Waals surface area contributed by atoms with Crippen LogP contribution in [0.5, 0.6) is 5.75 Å². The molecule has 2 aromatic carbocycles. The van der Waals surface area contributed by atoms with E-state index in [0.29, 0.717) is 11.3 Å². The molecule has 0 saturated heterocycles. The predicted octanol–water partition coefficient (Wildman–Crippen LogP) is 2.89. The van der Waals surface area contributed by atoms with Crippen LogP contribution < -0.4 is 4.74 Å². The maximum absolute atomic E-state index is 13.1. The van der Waals surface area contributed by atoms with Crippen LogP contribution in [0.4, 0.5) is 4.39 Å². The summed E-state index contributed by atoms with van der Waals surface area (Å²) in [5.74, 6) is -0.395. The summed E-state index contributed by atoms with van der Waals surface area (Å²) >= 11 is 0. The van der Waals surface area contributed by atoms with Crippen LogP contribution >= 0.6 is 0 Å². The van der Waals surface area contributed by atoms with E-state index in [2.05, 4.69) is 0 Å². The molecular formula is C18H14FN3O2. The van der Waals surface area contributed by atoms with Crippen molar-refractivity contribution in [1.29, 1.82) is 10.5 Å². The Labute approximate surface area is 139 Å². The van der Waals surface area contributed by atoms with Gasteiger partial charge in [-0.05, 0) is 29.8 Å². The van der Waals surface area contributed by atoms with Gasteiger partial charge in [0, 0.05) is 11.6 Å². The van der Waals surface area contributed by atoms with Gasteiger partial charge in [-0.3, -0.25) is 4.79 Å². The maximum Gasteiger partial charge on any atom is 0.255 e. The molecule has 0 fully saturated rings. The Bertz CT molecular complexity index is 792. The number of carbonyl (C=O) groups is 1. The molecule has 0 aliphatic heterocycles. The van der Waals surface area contributed by atoms with Gasteiger partial charge in [0.1, 0.15) is 31.3 Å². The number of nitriles is 2. The van der Waals surface area contributed by atoms with E-state index < -0.39 is 5.91 Å². The highest BCUT2D eigenvalue weighted by Gasteiger charge is 2.15. The first-order valence-corrected chi connectivity index (χ1v) is 7.14. The molecule has 0 saturated carbocycles. The first-order chi connectivity index (χ1) is 11.6. The van der Waals surface area contributed by atoms with Gasteiger partial charge in [0.15, 0.2) is 0 Å². The standard InChI is InChI=1S/C18H14FN3O2/c19-16-5-2-6-17(12-16)24-13-14-3-1-4-15(11-14)18(23)22(9-7-20)10-8-21/h1-6,11-12H,9-10,13H2. The van der Waals surface area contributed by atoms with E-state index in [1.54, 1.807) is 36.4 Å². The molecule has 0 aliphatic carbocycles. The van der Waals surface area contributed by atoms with Crippen LogP contribution in [-0.4, -0.2) is 23.9 Å². The fraction of sp³-hybridized carbons (Fsp3) is 0.167. The average molecular weight is 323 g/mol. The van der Waals surface area contributed by atoms with Gasteiger partial charge in [-0.1, -0.05) is 18.2 Å². The number of benzene rings is 2. The second-order valence-corrected chi connectivity index (χ2v) is 4.92.